The number of anilines is 1. The SMILES string of the molecule is Cc1cc(C)cc(OCCSCC(=O)Nc2c(C)cccc2C)c1. The topological polar surface area (TPSA) is 38.3 Å². The van der Waals surface area contributed by atoms with Crippen LogP contribution >= 0.6 is 11.8 Å². The van der Waals surface area contributed by atoms with Crippen molar-refractivity contribution in [1.29, 1.82) is 0 Å². The molecule has 0 atom stereocenters. The molecular formula is C20H25NO2S. The Kier molecular flexibility index (Phi) is 6.73. The quantitative estimate of drug-likeness (QED) is 0.742. The van der Waals surface area contributed by atoms with Crippen molar-refractivity contribution < 1.29 is 9.53 Å². The molecule has 0 saturated carbocycles. The summed E-state index contributed by atoms with van der Waals surface area (Å²) in [6.45, 7) is 8.74. The highest BCUT2D eigenvalue weighted by atomic mass is 32.2. The van der Waals surface area contributed by atoms with Gasteiger partial charge in [-0.05, 0) is 62.1 Å². The van der Waals surface area contributed by atoms with E-state index in [2.05, 4.69) is 25.2 Å². The average Bonchev–Trinajstić information content (AvgIpc) is 2.50. The molecule has 0 heterocycles. The minimum atomic E-state index is 0.0313. The van der Waals surface area contributed by atoms with E-state index in [-0.39, 0.29) is 5.91 Å². The standard InChI is InChI=1S/C20H25NO2S/c1-14-10-15(2)12-18(11-14)23-8-9-24-13-19(22)21-20-16(3)6-5-7-17(20)4/h5-7,10-12H,8-9,13H2,1-4H3,(H,21,22). The van der Waals surface area contributed by atoms with Crippen molar-refractivity contribution in [3.05, 3.63) is 58.7 Å². The third kappa shape index (κ3) is 5.60. The maximum Gasteiger partial charge on any atom is 0.234 e. The number of carbonyl (C=O) groups excluding carboxylic acids is 1. The van der Waals surface area contributed by atoms with Gasteiger partial charge in [0, 0.05) is 11.4 Å². The fourth-order valence-corrected chi connectivity index (χ4v) is 3.19. The maximum atomic E-state index is 12.1. The van der Waals surface area contributed by atoms with Crippen LogP contribution in [0.3, 0.4) is 0 Å². The smallest absolute Gasteiger partial charge is 0.234 e. The van der Waals surface area contributed by atoms with Crippen LogP contribution in [0.2, 0.25) is 0 Å². The molecular weight excluding hydrogens is 318 g/mol. The predicted molar refractivity (Wildman–Crippen MR) is 103 cm³/mol. The van der Waals surface area contributed by atoms with Gasteiger partial charge in [-0.25, -0.2) is 0 Å². The molecule has 1 N–H and O–H groups in total. The van der Waals surface area contributed by atoms with E-state index < -0.39 is 0 Å². The molecule has 2 aromatic carbocycles. The largest absolute Gasteiger partial charge is 0.493 e. The van der Waals surface area contributed by atoms with Gasteiger partial charge in [-0.2, -0.15) is 0 Å². The van der Waals surface area contributed by atoms with Crippen LogP contribution in [0.5, 0.6) is 5.75 Å². The molecule has 0 spiro atoms. The summed E-state index contributed by atoms with van der Waals surface area (Å²) in [7, 11) is 0. The van der Waals surface area contributed by atoms with Gasteiger partial charge in [-0.15, -0.1) is 11.8 Å². The van der Waals surface area contributed by atoms with Gasteiger partial charge in [0.25, 0.3) is 0 Å². The molecule has 0 aliphatic rings. The van der Waals surface area contributed by atoms with Crippen LogP contribution in [0.1, 0.15) is 22.3 Å². The molecule has 0 aliphatic carbocycles. The zero-order valence-corrected chi connectivity index (χ0v) is 15.6. The fraction of sp³-hybridized carbons (Fsp3) is 0.350. The lowest BCUT2D eigenvalue weighted by Gasteiger charge is -2.11. The van der Waals surface area contributed by atoms with Gasteiger partial charge < -0.3 is 10.1 Å². The minimum Gasteiger partial charge on any atom is -0.493 e. The highest BCUT2D eigenvalue weighted by Gasteiger charge is 2.07. The van der Waals surface area contributed by atoms with Gasteiger partial charge in [0.2, 0.25) is 5.91 Å². The molecule has 2 aromatic rings. The first-order valence-corrected chi connectivity index (χ1v) is 9.26. The summed E-state index contributed by atoms with van der Waals surface area (Å²) in [4.78, 5) is 12.1. The molecule has 1 amide bonds. The van der Waals surface area contributed by atoms with E-state index in [9.17, 15) is 4.79 Å². The Balaban J connectivity index is 1.71. The first-order valence-electron chi connectivity index (χ1n) is 8.10. The van der Waals surface area contributed by atoms with Crippen molar-refractivity contribution in [2.24, 2.45) is 0 Å². The van der Waals surface area contributed by atoms with Crippen molar-refractivity contribution in [2.45, 2.75) is 27.7 Å². The molecule has 4 heteroatoms. The Morgan fingerprint density at radius 2 is 1.67 bits per heavy atom. The fourth-order valence-electron chi connectivity index (χ4n) is 2.59. The van der Waals surface area contributed by atoms with Crippen LogP contribution in [0.4, 0.5) is 5.69 Å². The van der Waals surface area contributed by atoms with Crippen LogP contribution in [-0.4, -0.2) is 24.0 Å². The lowest BCUT2D eigenvalue weighted by atomic mass is 10.1. The second-order valence-electron chi connectivity index (χ2n) is 6.04. The van der Waals surface area contributed by atoms with E-state index in [1.54, 1.807) is 11.8 Å². The number of rotatable bonds is 7. The molecule has 2 rings (SSSR count). The first kappa shape index (κ1) is 18.4. The Morgan fingerprint density at radius 3 is 2.29 bits per heavy atom. The van der Waals surface area contributed by atoms with Crippen LogP contribution in [0.25, 0.3) is 0 Å². The summed E-state index contributed by atoms with van der Waals surface area (Å²) in [6.07, 6.45) is 0. The van der Waals surface area contributed by atoms with Crippen molar-refractivity contribution in [2.75, 3.05) is 23.4 Å². The van der Waals surface area contributed by atoms with Crippen molar-refractivity contribution in [3.63, 3.8) is 0 Å². The molecule has 0 bridgehead atoms. The van der Waals surface area contributed by atoms with E-state index >= 15 is 0 Å². The van der Waals surface area contributed by atoms with Crippen molar-refractivity contribution in [3.8, 4) is 5.75 Å². The highest BCUT2D eigenvalue weighted by Crippen LogP contribution is 2.20. The number of carbonyl (C=O) groups is 1. The van der Waals surface area contributed by atoms with E-state index in [1.807, 2.05) is 44.2 Å². The molecule has 24 heavy (non-hydrogen) atoms. The third-order valence-corrected chi connectivity index (χ3v) is 4.59. The van der Waals surface area contributed by atoms with Crippen LogP contribution < -0.4 is 10.1 Å². The van der Waals surface area contributed by atoms with Crippen LogP contribution in [0, 0.1) is 27.7 Å². The molecule has 3 nitrogen and oxygen atoms in total. The number of amides is 1. The molecule has 0 saturated heterocycles. The lowest BCUT2D eigenvalue weighted by molar-refractivity contribution is -0.113. The number of thioether (sulfide) groups is 1. The summed E-state index contributed by atoms with van der Waals surface area (Å²) in [5.74, 6) is 2.15. The van der Waals surface area contributed by atoms with E-state index in [0.29, 0.717) is 12.4 Å². The average molecular weight is 343 g/mol. The van der Waals surface area contributed by atoms with Crippen LogP contribution in [0.15, 0.2) is 36.4 Å². The van der Waals surface area contributed by atoms with Gasteiger partial charge in [0.05, 0.1) is 12.4 Å². The Hall–Kier alpha value is -1.94. The van der Waals surface area contributed by atoms with E-state index in [0.717, 1.165) is 28.3 Å². The van der Waals surface area contributed by atoms with E-state index in [4.69, 9.17) is 4.74 Å². The van der Waals surface area contributed by atoms with Crippen LogP contribution in [-0.2, 0) is 4.79 Å². The molecule has 128 valence electrons. The zero-order chi connectivity index (χ0) is 17.5. The van der Waals surface area contributed by atoms with E-state index in [1.165, 1.54) is 11.1 Å². The second kappa shape index (κ2) is 8.78. The summed E-state index contributed by atoms with van der Waals surface area (Å²) in [6, 6.07) is 12.2. The number of ether oxygens (including phenoxy) is 1. The molecule has 0 radical (unpaired) electrons. The lowest BCUT2D eigenvalue weighted by Crippen LogP contribution is -2.16. The summed E-state index contributed by atoms with van der Waals surface area (Å²) < 4.78 is 5.75. The molecule has 0 aliphatic heterocycles. The number of para-hydroxylation sites is 1. The Bertz CT molecular complexity index is 672. The third-order valence-electron chi connectivity index (χ3n) is 3.67. The number of hydrogen-bond donors (Lipinski definition) is 1. The predicted octanol–water partition coefficient (Wildman–Crippen LogP) is 4.67. The maximum absolute atomic E-state index is 12.1. The van der Waals surface area contributed by atoms with Gasteiger partial charge in [0.1, 0.15) is 5.75 Å². The molecule has 0 aromatic heterocycles. The summed E-state index contributed by atoms with van der Waals surface area (Å²) in [5.41, 5.74) is 5.50. The molecule has 0 unspecified atom stereocenters. The van der Waals surface area contributed by atoms with Gasteiger partial charge in [-0.3, -0.25) is 4.79 Å². The number of benzene rings is 2. The number of aryl methyl sites for hydroxylation is 4. The second-order valence-corrected chi connectivity index (χ2v) is 7.14. The number of hydrogen-bond acceptors (Lipinski definition) is 3. The van der Waals surface area contributed by atoms with Crippen molar-refractivity contribution >= 4 is 23.4 Å². The summed E-state index contributed by atoms with van der Waals surface area (Å²) >= 11 is 1.58. The first-order chi connectivity index (χ1) is 11.5. The Morgan fingerprint density at radius 1 is 1.04 bits per heavy atom. The molecule has 0 fully saturated rings. The van der Waals surface area contributed by atoms with Gasteiger partial charge in [-0.1, -0.05) is 24.3 Å². The summed E-state index contributed by atoms with van der Waals surface area (Å²) in [5, 5.41) is 3.00. The van der Waals surface area contributed by atoms with Crippen molar-refractivity contribution in [1.82, 2.24) is 0 Å². The van der Waals surface area contributed by atoms with Gasteiger partial charge in [0.15, 0.2) is 0 Å². The monoisotopic (exact) mass is 343 g/mol. The normalized spacial score (nSPS) is 10.5. The Labute approximate surface area is 148 Å². The zero-order valence-electron chi connectivity index (χ0n) is 14.8. The minimum absolute atomic E-state index is 0.0313. The number of nitrogens with one attached hydrogen (secondary N) is 1. The van der Waals surface area contributed by atoms with Gasteiger partial charge >= 0.3 is 0 Å². The highest BCUT2D eigenvalue weighted by molar-refractivity contribution is 7.99.